The average Bonchev–Trinajstić information content (AvgIpc) is 3.64. The van der Waals surface area contributed by atoms with E-state index in [2.05, 4.69) is 19.5 Å². The van der Waals surface area contributed by atoms with Crippen LogP contribution in [0.1, 0.15) is 18.4 Å². The number of hydrogen-bond donors (Lipinski definition) is 1. The predicted molar refractivity (Wildman–Crippen MR) is 145 cm³/mol. The summed E-state index contributed by atoms with van der Waals surface area (Å²) < 4.78 is 48.6. The molecular weight excluding hydrogens is 541 g/mol. The third-order valence-corrected chi connectivity index (χ3v) is 7.58. The van der Waals surface area contributed by atoms with Crippen LogP contribution in [0.5, 0.6) is 5.75 Å². The first-order valence-electron chi connectivity index (χ1n) is 13.6. The molecule has 5 heterocycles. The second kappa shape index (κ2) is 11.1. The number of fused-ring (bicyclic) bond motifs is 1. The van der Waals surface area contributed by atoms with E-state index in [1.807, 2.05) is 17.0 Å². The monoisotopic (exact) mass is 570 g/mol. The van der Waals surface area contributed by atoms with Crippen LogP contribution < -0.4 is 19.4 Å². The standard InChI is InChI=1S/C28H29F3N6O4/c29-28(30,31)26(39)41-21-5-1-3-18(15-21)24-22-7-10-37(25(22)34-27(33-24)35-11-13-40-14-12-35)19-6-8-32-23(16-19)36-9-2-4-20(36)17-38/h1,3,5-6,8,15-16,20,38H,2,4,7,9-14,17H2/t20-/m1/s1. The minimum absolute atomic E-state index is 0.0317. The summed E-state index contributed by atoms with van der Waals surface area (Å²) >= 11 is 0. The number of benzene rings is 1. The Morgan fingerprint density at radius 2 is 1.93 bits per heavy atom. The lowest BCUT2D eigenvalue weighted by atomic mass is 10.1. The normalized spacial score (nSPS) is 19.0. The highest BCUT2D eigenvalue weighted by molar-refractivity contribution is 5.80. The van der Waals surface area contributed by atoms with E-state index in [0.717, 1.165) is 36.5 Å². The summed E-state index contributed by atoms with van der Waals surface area (Å²) in [5.74, 6) is -0.526. The smallest absolute Gasteiger partial charge is 0.420 e. The summed E-state index contributed by atoms with van der Waals surface area (Å²) in [4.78, 5) is 32.1. The molecule has 3 aliphatic heterocycles. The lowest BCUT2D eigenvalue weighted by molar-refractivity contribution is -0.189. The predicted octanol–water partition coefficient (Wildman–Crippen LogP) is 3.50. The highest BCUT2D eigenvalue weighted by Crippen LogP contribution is 2.41. The quantitative estimate of drug-likeness (QED) is 0.350. The fourth-order valence-electron chi connectivity index (χ4n) is 5.57. The Hall–Kier alpha value is -3.97. The van der Waals surface area contributed by atoms with E-state index in [4.69, 9.17) is 14.7 Å². The van der Waals surface area contributed by atoms with Crippen molar-refractivity contribution >= 4 is 29.2 Å². The number of anilines is 4. The lowest BCUT2D eigenvalue weighted by Crippen LogP contribution is -2.37. The van der Waals surface area contributed by atoms with Gasteiger partial charge in [-0.25, -0.2) is 14.8 Å². The van der Waals surface area contributed by atoms with Crippen molar-refractivity contribution in [1.29, 1.82) is 0 Å². The first-order valence-corrected chi connectivity index (χ1v) is 13.6. The van der Waals surface area contributed by atoms with Crippen molar-refractivity contribution in [2.24, 2.45) is 0 Å². The van der Waals surface area contributed by atoms with E-state index in [1.165, 1.54) is 18.2 Å². The van der Waals surface area contributed by atoms with Crippen molar-refractivity contribution in [3.8, 4) is 17.0 Å². The summed E-state index contributed by atoms with van der Waals surface area (Å²) in [5.41, 5.74) is 2.82. The van der Waals surface area contributed by atoms with Crippen LogP contribution in [-0.2, 0) is 16.0 Å². The van der Waals surface area contributed by atoms with Gasteiger partial charge in [-0.05, 0) is 37.5 Å². The van der Waals surface area contributed by atoms with E-state index >= 15 is 0 Å². The number of esters is 1. The number of carbonyl (C=O) groups is 1. The second-order valence-corrected chi connectivity index (χ2v) is 10.1. The van der Waals surface area contributed by atoms with Gasteiger partial charge in [0.1, 0.15) is 17.4 Å². The summed E-state index contributed by atoms with van der Waals surface area (Å²) in [6.45, 7) is 3.74. The van der Waals surface area contributed by atoms with Gasteiger partial charge >= 0.3 is 12.1 Å². The molecule has 1 atom stereocenters. The van der Waals surface area contributed by atoms with Gasteiger partial charge in [0.05, 0.1) is 31.6 Å². The number of aliphatic hydroxyl groups excluding tert-OH is 1. The molecule has 10 nitrogen and oxygen atoms in total. The van der Waals surface area contributed by atoms with Crippen LogP contribution in [0.4, 0.5) is 36.4 Å². The molecule has 2 fully saturated rings. The highest BCUT2D eigenvalue weighted by atomic mass is 19.4. The summed E-state index contributed by atoms with van der Waals surface area (Å²) in [6, 6.07) is 9.90. The zero-order valence-corrected chi connectivity index (χ0v) is 22.2. The number of rotatable bonds is 6. The fraction of sp³-hybridized carbons (Fsp3) is 0.429. The minimum atomic E-state index is -5.11. The van der Waals surface area contributed by atoms with Crippen molar-refractivity contribution in [3.63, 3.8) is 0 Å². The Labute approximate surface area is 234 Å². The lowest BCUT2D eigenvalue weighted by Gasteiger charge is -2.29. The Kier molecular flexibility index (Phi) is 7.39. The Morgan fingerprint density at radius 3 is 2.71 bits per heavy atom. The van der Waals surface area contributed by atoms with Crippen molar-refractivity contribution < 1.29 is 32.5 Å². The molecule has 0 spiro atoms. The van der Waals surface area contributed by atoms with Gasteiger partial charge in [0.25, 0.3) is 0 Å². The van der Waals surface area contributed by atoms with Gasteiger partial charge < -0.3 is 29.3 Å². The van der Waals surface area contributed by atoms with E-state index < -0.39 is 12.1 Å². The molecule has 1 aromatic carbocycles. The van der Waals surface area contributed by atoms with E-state index in [0.29, 0.717) is 62.3 Å². The van der Waals surface area contributed by atoms with Crippen LogP contribution in [0.2, 0.25) is 0 Å². The van der Waals surface area contributed by atoms with Gasteiger partial charge in [-0.1, -0.05) is 12.1 Å². The van der Waals surface area contributed by atoms with E-state index in [1.54, 1.807) is 12.3 Å². The maximum atomic E-state index is 12.8. The third-order valence-electron chi connectivity index (χ3n) is 7.58. The minimum Gasteiger partial charge on any atom is -0.420 e. The van der Waals surface area contributed by atoms with Gasteiger partial charge in [-0.3, -0.25) is 0 Å². The van der Waals surface area contributed by atoms with Gasteiger partial charge in [-0.2, -0.15) is 18.2 Å². The Morgan fingerprint density at radius 1 is 1.10 bits per heavy atom. The van der Waals surface area contributed by atoms with Crippen LogP contribution in [0.3, 0.4) is 0 Å². The van der Waals surface area contributed by atoms with E-state index in [-0.39, 0.29) is 18.4 Å². The molecule has 13 heteroatoms. The zero-order chi connectivity index (χ0) is 28.6. The molecule has 6 rings (SSSR count). The zero-order valence-electron chi connectivity index (χ0n) is 22.2. The number of aliphatic hydroxyl groups is 1. The Balaban J connectivity index is 1.39. The van der Waals surface area contributed by atoms with Gasteiger partial charge in [0.15, 0.2) is 0 Å². The molecule has 1 N–H and O–H groups in total. The van der Waals surface area contributed by atoms with Gasteiger partial charge in [0, 0.05) is 55.3 Å². The van der Waals surface area contributed by atoms with Crippen LogP contribution >= 0.6 is 0 Å². The summed E-state index contributed by atoms with van der Waals surface area (Å²) in [7, 11) is 0. The van der Waals surface area contributed by atoms with Gasteiger partial charge in [0.2, 0.25) is 5.95 Å². The fourth-order valence-corrected chi connectivity index (χ4v) is 5.57. The number of pyridine rings is 1. The third kappa shape index (κ3) is 5.51. The number of aromatic nitrogens is 3. The van der Waals surface area contributed by atoms with Crippen molar-refractivity contribution in [2.75, 3.05) is 60.7 Å². The number of ether oxygens (including phenoxy) is 2. The van der Waals surface area contributed by atoms with Crippen LogP contribution in [0.15, 0.2) is 42.6 Å². The largest absolute Gasteiger partial charge is 0.491 e. The second-order valence-electron chi connectivity index (χ2n) is 10.1. The molecule has 2 aromatic heterocycles. The molecular formula is C28H29F3N6O4. The van der Waals surface area contributed by atoms with Crippen LogP contribution in [0, 0.1) is 0 Å². The van der Waals surface area contributed by atoms with Crippen molar-refractivity contribution in [3.05, 3.63) is 48.2 Å². The Bertz CT molecular complexity index is 1430. The maximum absolute atomic E-state index is 12.8. The number of carbonyl (C=O) groups excluding carboxylic acids is 1. The molecule has 216 valence electrons. The maximum Gasteiger partial charge on any atom is 0.491 e. The molecule has 0 aliphatic carbocycles. The number of morpholine rings is 1. The number of halogens is 3. The first kappa shape index (κ1) is 27.2. The molecule has 3 aromatic rings. The molecule has 0 radical (unpaired) electrons. The number of nitrogens with zero attached hydrogens (tertiary/aromatic N) is 6. The van der Waals surface area contributed by atoms with Crippen LogP contribution in [-0.4, -0.2) is 84.2 Å². The highest BCUT2D eigenvalue weighted by Gasteiger charge is 2.41. The summed E-state index contributed by atoms with van der Waals surface area (Å²) in [6.07, 6.45) is -0.863. The van der Waals surface area contributed by atoms with Crippen molar-refractivity contribution in [1.82, 2.24) is 15.0 Å². The molecule has 0 amide bonds. The summed E-state index contributed by atoms with van der Waals surface area (Å²) in [5, 5.41) is 9.82. The molecule has 2 saturated heterocycles. The van der Waals surface area contributed by atoms with E-state index in [9.17, 15) is 23.1 Å². The SMILES string of the molecule is O=C(Oc1cccc(-c2nc(N3CCOCC3)nc3c2CCN3c2ccnc(N3CCC[C@@H]3CO)c2)c1)C(F)(F)F. The first-order chi connectivity index (χ1) is 19.8. The molecule has 41 heavy (non-hydrogen) atoms. The number of hydrogen-bond acceptors (Lipinski definition) is 10. The molecule has 0 saturated carbocycles. The van der Waals surface area contributed by atoms with Gasteiger partial charge in [-0.15, -0.1) is 0 Å². The number of alkyl halides is 3. The average molecular weight is 571 g/mol. The molecule has 0 bridgehead atoms. The topological polar surface area (TPSA) is 104 Å². The van der Waals surface area contributed by atoms with Crippen LogP contribution in [0.25, 0.3) is 11.3 Å². The molecule has 3 aliphatic rings. The van der Waals surface area contributed by atoms with Crippen molar-refractivity contribution in [2.45, 2.75) is 31.5 Å². The molecule has 0 unspecified atom stereocenters.